The molecule has 1 saturated carbocycles. The first kappa shape index (κ1) is 22.8. The summed E-state index contributed by atoms with van der Waals surface area (Å²) in [6, 6.07) is 15.5. The van der Waals surface area contributed by atoms with Crippen LogP contribution >= 0.6 is 0 Å². The normalized spacial score (nSPS) is 19.9. The highest BCUT2D eigenvalue weighted by molar-refractivity contribution is 5.85. The summed E-state index contributed by atoms with van der Waals surface area (Å²) < 4.78 is 5.54. The van der Waals surface area contributed by atoms with Crippen molar-refractivity contribution >= 4 is 18.0 Å². The van der Waals surface area contributed by atoms with Crippen LogP contribution in [0.2, 0.25) is 0 Å². The van der Waals surface area contributed by atoms with Gasteiger partial charge in [0.25, 0.3) is 0 Å². The predicted octanol–water partition coefficient (Wildman–Crippen LogP) is 3.92. The first-order chi connectivity index (χ1) is 16.0. The summed E-state index contributed by atoms with van der Waals surface area (Å²) in [5.74, 6) is -1.66. The molecule has 2 aliphatic rings. The maximum atomic E-state index is 12.6. The fraction of sp³-hybridized carbons (Fsp3) is 0.423. The van der Waals surface area contributed by atoms with E-state index in [1.807, 2.05) is 31.2 Å². The molecule has 0 unspecified atom stereocenters. The summed E-state index contributed by atoms with van der Waals surface area (Å²) in [5.41, 5.74) is 4.56. The van der Waals surface area contributed by atoms with Gasteiger partial charge in [-0.2, -0.15) is 0 Å². The standard InChI is InChI=1S/C26H30N2O5/c1-2-23(24(29)27-14-16-8-7-13-17(16)25(30)31)28-26(32)33-15-22-20-11-5-3-9-18(20)19-10-4-6-12-21(19)22/h3-6,9-12,16-17,22-23H,2,7-8,13-15H2,1H3,(H,27,29)(H,28,32)(H,30,31)/t16-,17-,23-/m1/s1. The van der Waals surface area contributed by atoms with Crippen molar-refractivity contribution in [3.8, 4) is 11.1 Å². The number of amides is 2. The number of alkyl carbamates (subject to hydrolysis) is 1. The quantitative estimate of drug-likeness (QED) is 0.565. The van der Waals surface area contributed by atoms with E-state index >= 15 is 0 Å². The number of benzene rings is 2. The van der Waals surface area contributed by atoms with Gasteiger partial charge >= 0.3 is 12.1 Å². The molecular weight excluding hydrogens is 420 g/mol. The highest BCUT2D eigenvalue weighted by Crippen LogP contribution is 2.44. The summed E-state index contributed by atoms with van der Waals surface area (Å²) in [6.45, 7) is 2.29. The van der Waals surface area contributed by atoms with E-state index in [1.165, 1.54) is 0 Å². The van der Waals surface area contributed by atoms with Crippen LogP contribution in [-0.2, 0) is 14.3 Å². The average molecular weight is 451 g/mol. The van der Waals surface area contributed by atoms with Gasteiger partial charge < -0.3 is 20.5 Å². The first-order valence-electron chi connectivity index (χ1n) is 11.6. The second-order valence-electron chi connectivity index (χ2n) is 8.81. The Kier molecular flexibility index (Phi) is 6.96. The van der Waals surface area contributed by atoms with Gasteiger partial charge in [0, 0.05) is 12.5 Å². The fourth-order valence-corrected chi connectivity index (χ4v) is 5.10. The molecule has 0 heterocycles. The van der Waals surface area contributed by atoms with E-state index in [-0.39, 0.29) is 24.3 Å². The summed E-state index contributed by atoms with van der Waals surface area (Å²) in [4.78, 5) is 36.5. The highest BCUT2D eigenvalue weighted by atomic mass is 16.5. The molecule has 2 aromatic rings. The molecule has 33 heavy (non-hydrogen) atoms. The van der Waals surface area contributed by atoms with Crippen LogP contribution in [0.5, 0.6) is 0 Å². The van der Waals surface area contributed by atoms with E-state index < -0.39 is 24.0 Å². The Labute approximate surface area is 193 Å². The number of carbonyl (C=O) groups is 3. The van der Waals surface area contributed by atoms with Gasteiger partial charge in [-0.05, 0) is 47.4 Å². The van der Waals surface area contributed by atoms with Gasteiger partial charge in [-0.25, -0.2) is 4.79 Å². The number of ether oxygens (including phenoxy) is 1. The van der Waals surface area contributed by atoms with Crippen LogP contribution in [0.25, 0.3) is 11.1 Å². The number of hydrogen-bond donors (Lipinski definition) is 3. The molecule has 2 aromatic carbocycles. The minimum absolute atomic E-state index is 0.0487. The van der Waals surface area contributed by atoms with Crippen LogP contribution in [0.1, 0.15) is 49.7 Å². The molecule has 0 bridgehead atoms. The third-order valence-electron chi connectivity index (χ3n) is 6.88. The zero-order valence-electron chi connectivity index (χ0n) is 18.8. The van der Waals surface area contributed by atoms with Crippen molar-refractivity contribution in [1.29, 1.82) is 0 Å². The minimum atomic E-state index is -0.810. The van der Waals surface area contributed by atoms with E-state index in [2.05, 4.69) is 34.9 Å². The number of carboxylic acid groups (broad SMARTS) is 1. The van der Waals surface area contributed by atoms with Crippen LogP contribution in [0.15, 0.2) is 48.5 Å². The second-order valence-corrected chi connectivity index (χ2v) is 8.81. The molecule has 3 N–H and O–H groups in total. The van der Waals surface area contributed by atoms with Gasteiger partial charge in [0.15, 0.2) is 0 Å². The SMILES string of the molecule is CC[C@@H](NC(=O)OCC1c2ccccc2-c2ccccc21)C(=O)NC[C@H]1CCC[C@H]1C(=O)O. The minimum Gasteiger partial charge on any atom is -0.481 e. The van der Waals surface area contributed by atoms with Crippen molar-refractivity contribution in [2.24, 2.45) is 11.8 Å². The molecule has 2 amide bonds. The number of carbonyl (C=O) groups excluding carboxylic acids is 2. The van der Waals surface area contributed by atoms with Crippen LogP contribution in [0, 0.1) is 11.8 Å². The summed E-state index contributed by atoms with van der Waals surface area (Å²) in [6.07, 6.45) is 2.05. The summed E-state index contributed by atoms with van der Waals surface area (Å²) in [5, 5.41) is 14.8. The molecule has 0 aliphatic heterocycles. The molecule has 0 aromatic heterocycles. The van der Waals surface area contributed by atoms with E-state index in [4.69, 9.17) is 4.74 Å². The summed E-state index contributed by atoms with van der Waals surface area (Å²) in [7, 11) is 0. The average Bonchev–Trinajstić information content (AvgIpc) is 3.42. The van der Waals surface area contributed by atoms with Gasteiger partial charge in [0.05, 0.1) is 5.92 Å². The largest absolute Gasteiger partial charge is 0.481 e. The topological polar surface area (TPSA) is 105 Å². The predicted molar refractivity (Wildman–Crippen MR) is 124 cm³/mol. The van der Waals surface area contributed by atoms with Crippen LogP contribution in [0.4, 0.5) is 4.79 Å². The maximum absolute atomic E-state index is 12.6. The lowest BCUT2D eigenvalue weighted by Gasteiger charge is -2.21. The van der Waals surface area contributed by atoms with Crippen molar-refractivity contribution in [3.63, 3.8) is 0 Å². The number of aliphatic carboxylic acids is 1. The molecule has 2 aliphatic carbocycles. The molecule has 0 spiro atoms. The van der Waals surface area contributed by atoms with E-state index in [1.54, 1.807) is 0 Å². The Bertz CT molecular complexity index is 991. The Morgan fingerprint density at radius 3 is 2.27 bits per heavy atom. The van der Waals surface area contributed by atoms with Crippen molar-refractivity contribution in [2.45, 2.75) is 44.6 Å². The lowest BCUT2D eigenvalue weighted by molar-refractivity contribution is -0.143. The van der Waals surface area contributed by atoms with E-state index in [0.29, 0.717) is 19.4 Å². The Balaban J connectivity index is 1.32. The first-order valence-corrected chi connectivity index (χ1v) is 11.6. The molecule has 7 nitrogen and oxygen atoms in total. The molecule has 0 saturated heterocycles. The van der Waals surface area contributed by atoms with Crippen molar-refractivity contribution in [3.05, 3.63) is 59.7 Å². The zero-order valence-corrected chi connectivity index (χ0v) is 18.8. The van der Waals surface area contributed by atoms with Gasteiger partial charge in [0.1, 0.15) is 12.6 Å². The van der Waals surface area contributed by atoms with Gasteiger partial charge in [-0.1, -0.05) is 61.9 Å². The van der Waals surface area contributed by atoms with Gasteiger partial charge in [-0.15, -0.1) is 0 Å². The number of hydrogen-bond acceptors (Lipinski definition) is 4. The van der Waals surface area contributed by atoms with Crippen LogP contribution in [0.3, 0.4) is 0 Å². The molecule has 4 rings (SSSR count). The number of fused-ring (bicyclic) bond motifs is 3. The summed E-state index contributed by atoms with van der Waals surface area (Å²) >= 11 is 0. The Hall–Kier alpha value is -3.35. The number of rotatable bonds is 8. The molecular formula is C26H30N2O5. The van der Waals surface area contributed by atoms with Crippen LogP contribution < -0.4 is 10.6 Å². The van der Waals surface area contributed by atoms with Gasteiger partial charge in [-0.3, -0.25) is 9.59 Å². The molecule has 7 heteroatoms. The lowest BCUT2D eigenvalue weighted by Crippen LogP contribution is -2.48. The molecule has 174 valence electrons. The van der Waals surface area contributed by atoms with E-state index in [9.17, 15) is 19.5 Å². The van der Waals surface area contributed by atoms with Gasteiger partial charge in [0.2, 0.25) is 5.91 Å². The maximum Gasteiger partial charge on any atom is 0.407 e. The third kappa shape index (κ3) is 4.87. The lowest BCUT2D eigenvalue weighted by atomic mass is 9.96. The molecule has 1 fully saturated rings. The smallest absolute Gasteiger partial charge is 0.407 e. The zero-order chi connectivity index (χ0) is 23.4. The number of nitrogens with one attached hydrogen (secondary N) is 2. The molecule has 3 atom stereocenters. The fourth-order valence-electron chi connectivity index (χ4n) is 5.10. The Morgan fingerprint density at radius 2 is 1.67 bits per heavy atom. The van der Waals surface area contributed by atoms with Crippen molar-refractivity contribution in [2.75, 3.05) is 13.2 Å². The molecule has 0 radical (unpaired) electrons. The second kappa shape index (κ2) is 10.1. The van der Waals surface area contributed by atoms with Crippen molar-refractivity contribution in [1.82, 2.24) is 10.6 Å². The van der Waals surface area contributed by atoms with Crippen molar-refractivity contribution < 1.29 is 24.2 Å². The van der Waals surface area contributed by atoms with Crippen LogP contribution in [-0.4, -0.2) is 42.3 Å². The highest BCUT2D eigenvalue weighted by Gasteiger charge is 2.34. The third-order valence-corrected chi connectivity index (χ3v) is 6.88. The van der Waals surface area contributed by atoms with E-state index in [0.717, 1.165) is 35.1 Å². The monoisotopic (exact) mass is 450 g/mol. The number of carboxylic acids is 1. The Morgan fingerprint density at radius 1 is 1.03 bits per heavy atom.